The number of aromatic nitrogens is 3. The average Bonchev–Trinajstić information content (AvgIpc) is 3.38. The second-order valence-electron chi connectivity index (χ2n) is 8.18. The summed E-state index contributed by atoms with van der Waals surface area (Å²) in [6.07, 6.45) is 8.37. The number of hydrogen-bond acceptors (Lipinski definition) is 6. The van der Waals surface area contributed by atoms with Crippen LogP contribution in [-0.2, 0) is 0 Å². The predicted molar refractivity (Wildman–Crippen MR) is 119 cm³/mol. The van der Waals surface area contributed by atoms with Crippen LogP contribution in [0.3, 0.4) is 0 Å². The van der Waals surface area contributed by atoms with Crippen molar-refractivity contribution < 1.29 is 13.9 Å². The number of nitrogens with zero attached hydrogens (tertiary/aromatic N) is 4. The Hall–Kier alpha value is -3.22. The van der Waals surface area contributed by atoms with Crippen molar-refractivity contribution in [3.8, 4) is 17.0 Å². The first-order valence-electron chi connectivity index (χ1n) is 10.9. The molecule has 0 bridgehead atoms. The lowest BCUT2D eigenvalue weighted by Crippen LogP contribution is -2.18. The molecular weight excluding hydrogens is 395 g/mol. The minimum absolute atomic E-state index is 0.0199. The molecule has 1 saturated carbocycles. The molecule has 0 radical (unpaired) electrons. The first kappa shape index (κ1) is 19.7. The van der Waals surface area contributed by atoms with Gasteiger partial charge in [-0.2, -0.15) is 0 Å². The van der Waals surface area contributed by atoms with E-state index in [0.29, 0.717) is 17.1 Å². The van der Waals surface area contributed by atoms with Gasteiger partial charge in [-0.15, -0.1) is 0 Å². The maximum absolute atomic E-state index is 14.5. The average molecular weight is 420 g/mol. The van der Waals surface area contributed by atoms with E-state index < -0.39 is 11.6 Å². The van der Waals surface area contributed by atoms with Crippen LogP contribution in [0.15, 0.2) is 34.7 Å². The molecular formula is C24H25FN4O2. The normalized spacial score (nSPS) is 15.7. The van der Waals surface area contributed by atoms with E-state index in [1.165, 1.54) is 38.5 Å². The van der Waals surface area contributed by atoms with Gasteiger partial charge in [0.15, 0.2) is 23.0 Å². The fraction of sp³-hybridized carbons (Fsp3) is 0.375. The molecule has 1 N–H and O–H groups in total. The van der Waals surface area contributed by atoms with Crippen molar-refractivity contribution in [1.82, 2.24) is 15.0 Å². The van der Waals surface area contributed by atoms with Crippen molar-refractivity contribution in [2.75, 3.05) is 18.0 Å². The van der Waals surface area contributed by atoms with E-state index in [-0.39, 0.29) is 16.7 Å². The molecule has 0 spiro atoms. The van der Waals surface area contributed by atoms with Crippen molar-refractivity contribution in [1.29, 1.82) is 0 Å². The van der Waals surface area contributed by atoms with Crippen LogP contribution >= 0.6 is 0 Å². The van der Waals surface area contributed by atoms with E-state index in [2.05, 4.69) is 19.9 Å². The van der Waals surface area contributed by atoms with Crippen LogP contribution in [0.25, 0.3) is 33.4 Å². The Morgan fingerprint density at radius 1 is 0.903 bits per heavy atom. The maximum atomic E-state index is 14.5. The topological polar surface area (TPSA) is 75.3 Å². The number of phenols is 1. The molecule has 160 valence electrons. The summed E-state index contributed by atoms with van der Waals surface area (Å²) in [5.41, 5.74) is 2.46. The molecule has 3 aromatic heterocycles. The van der Waals surface area contributed by atoms with E-state index in [4.69, 9.17) is 4.42 Å². The van der Waals surface area contributed by atoms with Crippen LogP contribution in [0.5, 0.6) is 5.75 Å². The molecule has 6 nitrogen and oxygen atoms in total. The summed E-state index contributed by atoms with van der Waals surface area (Å²) in [4.78, 5) is 15.5. The van der Waals surface area contributed by atoms with Crippen LogP contribution in [0.4, 0.5) is 10.2 Å². The second kappa shape index (κ2) is 8.13. The predicted octanol–water partition coefficient (Wildman–Crippen LogP) is 5.75. The van der Waals surface area contributed by atoms with Gasteiger partial charge in [-0.25, -0.2) is 19.3 Å². The quantitative estimate of drug-likeness (QED) is 0.445. The number of aromatic hydroxyl groups is 1. The minimum atomic E-state index is -0.802. The van der Waals surface area contributed by atoms with Gasteiger partial charge in [0, 0.05) is 25.6 Å². The highest BCUT2D eigenvalue weighted by atomic mass is 19.1. The summed E-state index contributed by atoms with van der Waals surface area (Å²) in [6.45, 7) is 3.68. The van der Waals surface area contributed by atoms with Gasteiger partial charge in [-0.05, 0) is 43.2 Å². The van der Waals surface area contributed by atoms with Gasteiger partial charge >= 0.3 is 0 Å². The molecule has 2 fully saturated rings. The van der Waals surface area contributed by atoms with Crippen molar-refractivity contribution in [3.05, 3.63) is 42.0 Å². The summed E-state index contributed by atoms with van der Waals surface area (Å²) in [5.74, 6) is 0.000563. The number of aryl methyl sites for hydroxylation is 1. The molecule has 1 aliphatic carbocycles. The number of fused-ring (bicyclic) bond motifs is 2. The lowest BCUT2D eigenvalue weighted by molar-refractivity contribution is 0.437. The van der Waals surface area contributed by atoms with Gasteiger partial charge in [0.1, 0.15) is 11.3 Å². The third kappa shape index (κ3) is 3.80. The summed E-state index contributed by atoms with van der Waals surface area (Å²) < 4.78 is 19.9. The van der Waals surface area contributed by atoms with E-state index in [9.17, 15) is 9.50 Å². The zero-order valence-electron chi connectivity index (χ0n) is 17.6. The van der Waals surface area contributed by atoms with Gasteiger partial charge in [-0.1, -0.05) is 25.7 Å². The third-order valence-corrected chi connectivity index (χ3v) is 5.94. The van der Waals surface area contributed by atoms with Crippen LogP contribution in [-0.4, -0.2) is 33.1 Å². The fourth-order valence-electron chi connectivity index (χ4n) is 3.84. The fourth-order valence-corrected chi connectivity index (χ4v) is 3.84. The Morgan fingerprint density at radius 2 is 1.58 bits per heavy atom. The number of anilines is 1. The number of benzene rings is 1. The van der Waals surface area contributed by atoms with Crippen molar-refractivity contribution in [2.24, 2.45) is 0 Å². The lowest BCUT2D eigenvalue weighted by atomic mass is 10.0. The Balaban J connectivity index is 0.000000461. The first-order valence-corrected chi connectivity index (χ1v) is 10.9. The van der Waals surface area contributed by atoms with Crippen LogP contribution in [0.1, 0.15) is 44.4 Å². The molecule has 4 aromatic rings. The number of oxazole rings is 1. The molecule has 0 atom stereocenters. The van der Waals surface area contributed by atoms with Crippen molar-refractivity contribution in [2.45, 2.75) is 45.4 Å². The summed E-state index contributed by atoms with van der Waals surface area (Å²) in [5, 5.41) is 10.3. The van der Waals surface area contributed by atoms with Crippen molar-refractivity contribution >= 4 is 28.0 Å². The van der Waals surface area contributed by atoms with Crippen LogP contribution in [0, 0.1) is 12.7 Å². The Labute approximate surface area is 179 Å². The summed E-state index contributed by atoms with van der Waals surface area (Å²) in [7, 11) is 0. The molecule has 1 aromatic carbocycles. The SMILES string of the molecule is C1CCC1.Cc1nc2c(F)c(O)c(-c3ccc4nc(N5CCCC5)ccc4n3)cc2o1. The largest absolute Gasteiger partial charge is 0.504 e. The first-order chi connectivity index (χ1) is 15.1. The van der Waals surface area contributed by atoms with Gasteiger partial charge in [0.2, 0.25) is 0 Å². The van der Waals surface area contributed by atoms with Crippen LogP contribution in [0.2, 0.25) is 0 Å². The smallest absolute Gasteiger partial charge is 0.195 e. The molecule has 0 amide bonds. The molecule has 7 heteroatoms. The Kier molecular flexibility index (Phi) is 5.18. The standard InChI is InChI=1S/C20H17FN4O2.C4H8/c1-11-22-19-16(27-11)10-12(20(26)18(19)21)13-4-5-15-14(23-13)6-7-17(24-15)25-8-2-3-9-25;1-2-4-3-1/h4-7,10,26H,2-3,8-9H2,1H3;1-4H2. The number of pyridine rings is 2. The molecule has 4 heterocycles. The summed E-state index contributed by atoms with van der Waals surface area (Å²) >= 11 is 0. The number of rotatable bonds is 2. The highest BCUT2D eigenvalue weighted by Gasteiger charge is 2.20. The monoisotopic (exact) mass is 420 g/mol. The molecule has 31 heavy (non-hydrogen) atoms. The van der Waals surface area contributed by atoms with Gasteiger partial charge < -0.3 is 14.4 Å². The Bertz CT molecular complexity index is 1240. The van der Waals surface area contributed by atoms with E-state index in [1.807, 2.05) is 18.2 Å². The highest BCUT2D eigenvalue weighted by Crippen LogP contribution is 2.36. The van der Waals surface area contributed by atoms with Gasteiger partial charge in [0.25, 0.3) is 0 Å². The molecule has 1 saturated heterocycles. The zero-order chi connectivity index (χ0) is 21.4. The molecule has 1 aliphatic heterocycles. The summed E-state index contributed by atoms with van der Waals surface area (Å²) in [6, 6.07) is 8.99. The second-order valence-corrected chi connectivity index (χ2v) is 8.18. The third-order valence-electron chi connectivity index (χ3n) is 5.94. The van der Waals surface area contributed by atoms with E-state index >= 15 is 0 Å². The van der Waals surface area contributed by atoms with E-state index in [0.717, 1.165) is 24.4 Å². The highest BCUT2D eigenvalue weighted by molar-refractivity contribution is 5.87. The van der Waals surface area contributed by atoms with E-state index in [1.54, 1.807) is 19.1 Å². The minimum Gasteiger partial charge on any atom is -0.504 e. The molecule has 6 rings (SSSR count). The Morgan fingerprint density at radius 3 is 2.29 bits per heavy atom. The molecule has 0 unspecified atom stereocenters. The zero-order valence-corrected chi connectivity index (χ0v) is 17.6. The number of halogens is 1. The lowest BCUT2D eigenvalue weighted by Gasteiger charge is -2.16. The van der Waals surface area contributed by atoms with Gasteiger partial charge in [-0.3, -0.25) is 0 Å². The number of hydrogen-bond donors (Lipinski definition) is 1. The molecule has 2 aliphatic rings. The van der Waals surface area contributed by atoms with Crippen molar-refractivity contribution in [3.63, 3.8) is 0 Å². The van der Waals surface area contributed by atoms with Crippen LogP contribution < -0.4 is 4.90 Å². The van der Waals surface area contributed by atoms with Gasteiger partial charge in [0.05, 0.1) is 16.7 Å². The number of phenolic OH excluding ortho intramolecular Hbond substituents is 1. The maximum Gasteiger partial charge on any atom is 0.195 e.